The summed E-state index contributed by atoms with van der Waals surface area (Å²) in [6, 6.07) is 3.11. The van der Waals surface area contributed by atoms with E-state index in [1.807, 2.05) is 0 Å². The Kier molecular flexibility index (Phi) is 4.51. The molecular formula is C9H11BrN2O3. The molecule has 1 aromatic heterocycles. The molecule has 0 aliphatic carbocycles. The first-order valence-electron chi connectivity index (χ1n) is 4.23. The van der Waals surface area contributed by atoms with Gasteiger partial charge in [0.25, 0.3) is 0 Å². The minimum atomic E-state index is -1.08. The van der Waals surface area contributed by atoms with Crippen molar-refractivity contribution in [3.63, 3.8) is 0 Å². The molecule has 0 fully saturated rings. The standard InChI is InChI=1S/C9H11BrN2O3/c1-15-5-7(12-9(13)14)6-2-3-11-8(10)4-6/h2-4,7,12H,5H2,1H3,(H,13,14)/t7-/m0/s1. The third-order valence-electron chi connectivity index (χ3n) is 1.78. The number of nitrogens with zero attached hydrogens (tertiary/aromatic N) is 1. The Hall–Kier alpha value is -1.14. The summed E-state index contributed by atoms with van der Waals surface area (Å²) < 4.78 is 5.60. The molecule has 15 heavy (non-hydrogen) atoms. The summed E-state index contributed by atoms with van der Waals surface area (Å²) in [6.45, 7) is 0.281. The predicted molar refractivity (Wildman–Crippen MR) is 57.7 cm³/mol. The number of pyridine rings is 1. The molecule has 0 saturated heterocycles. The predicted octanol–water partition coefficient (Wildman–Crippen LogP) is 1.80. The van der Waals surface area contributed by atoms with Gasteiger partial charge in [0.1, 0.15) is 4.60 Å². The molecule has 0 aliphatic heterocycles. The molecule has 0 radical (unpaired) electrons. The summed E-state index contributed by atoms with van der Waals surface area (Å²) in [6.07, 6.45) is 0.524. The minimum absolute atomic E-state index is 0.281. The van der Waals surface area contributed by atoms with Crippen LogP contribution in [0.3, 0.4) is 0 Å². The highest BCUT2D eigenvalue weighted by atomic mass is 79.9. The largest absolute Gasteiger partial charge is 0.465 e. The Balaban J connectivity index is 2.83. The zero-order valence-corrected chi connectivity index (χ0v) is 9.69. The van der Waals surface area contributed by atoms with Crippen LogP contribution in [0.2, 0.25) is 0 Å². The zero-order chi connectivity index (χ0) is 11.3. The molecule has 2 N–H and O–H groups in total. The van der Waals surface area contributed by atoms with Gasteiger partial charge in [-0.1, -0.05) is 0 Å². The quantitative estimate of drug-likeness (QED) is 0.822. The van der Waals surface area contributed by atoms with E-state index in [1.54, 1.807) is 18.3 Å². The van der Waals surface area contributed by atoms with Crippen molar-refractivity contribution in [1.82, 2.24) is 10.3 Å². The van der Waals surface area contributed by atoms with Gasteiger partial charge in [-0.3, -0.25) is 0 Å². The maximum Gasteiger partial charge on any atom is 0.405 e. The van der Waals surface area contributed by atoms with Crippen LogP contribution in [-0.2, 0) is 4.74 Å². The van der Waals surface area contributed by atoms with E-state index >= 15 is 0 Å². The number of aromatic nitrogens is 1. The molecule has 0 saturated carbocycles. The van der Waals surface area contributed by atoms with Crippen LogP contribution in [0, 0.1) is 0 Å². The highest BCUT2D eigenvalue weighted by molar-refractivity contribution is 9.10. The van der Waals surface area contributed by atoms with Gasteiger partial charge in [-0.25, -0.2) is 9.78 Å². The van der Waals surface area contributed by atoms with Gasteiger partial charge >= 0.3 is 6.09 Å². The summed E-state index contributed by atoms with van der Waals surface area (Å²) in [5.41, 5.74) is 0.807. The fraction of sp³-hybridized carbons (Fsp3) is 0.333. The lowest BCUT2D eigenvalue weighted by Gasteiger charge is -2.16. The number of carbonyl (C=O) groups is 1. The molecule has 6 heteroatoms. The Morgan fingerprint density at radius 2 is 2.53 bits per heavy atom. The number of halogens is 1. The first-order valence-corrected chi connectivity index (χ1v) is 5.02. The van der Waals surface area contributed by atoms with Crippen LogP contribution in [0.15, 0.2) is 22.9 Å². The number of hydrogen-bond donors (Lipinski definition) is 2. The van der Waals surface area contributed by atoms with E-state index in [9.17, 15) is 4.79 Å². The molecule has 1 amide bonds. The second kappa shape index (κ2) is 5.67. The third-order valence-corrected chi connectivity index (χ3v) is 2.22. The molecule has 1 atom stereocenters. The number of amides is 1. The number of rotatable bonds is 4. The maximum atomic E-state index is 10.5. The highest BCUT2D eigenvalue weighted by Crippen LogP contribution is 2.16. The summed E-state index contributed by atoms with van der Waals surface area (Å²) in [4.78, 5) is 14.5. The Morgan fingerprint density at radius 1 is 1.80 bits per heavy atom. The summed E-state index contributed by atoms with van der Waals surface area (Å²) in [7, 11) is 1.52. The molecule has 82 valence electrons. The second-order valence-electron chi connectivity index (χ2n) is 2.87. The van der Waals surface area contributed by atoms with Gasteiger partial charge in [-0.15, -0.1) is 0 Å². The van der Waals surface area contributed by atoms with Gasteiger partial charge in [0.15, 0.2) is 0 Å². The Morgan fingerprint density at radius 3 is 3.07 bits per heavy atom. The van der Waals surface area contributed by atoms with Crippen LogP contribution in [0.5, 0.6) is 0 Å². The van der Waals surface area contributed by atoms with Crippen molar-refractivity contribution in [2.45, 2.75) is 6.04 Å². The summed E-state index contributed by atoms with van der Waals surface area (Å²) >= 11 is 3.22. The van der Waals surface area contributed by atoms with Crippen LogP contribution in [0.1, 0.15) is 11.6 Å². The Labute approximate surface area is 95.6 Å². The van der Waals surface area contributed by atoms with Crippen LogP contribution >= 0.6 is 15.9 Å². The van der Waals surface area contributed by atoms with E-state index in [1.165, 1.54) is 7.11 Å². The fourth-order valence-corrected chi connectivity index (χ4v) is 1.55. The van der Waals surface area contributed by atoms with Gasteiger partial charge in [0, 0.05) is 13.3 Å². The number of carboxylic acid groups (broad SMARTS) is 1. The lowest BCUT2D eigenvalue weighted by molar-refractivity contribution is 0.152. The van der Waals surface area contributed by atoms with Gasteiger partial charge in [-0.2, -0.15) is 0 Å². The van der Waals surface area contributed by atoms with Crippen LogP contribution in [-0.4, -0.2) is 29.9 Å². The number of nitrogens with one attached hydrogen (secondary N) is 1. The molecule has 0 unspecified atom stereocenters. The van der Waals surface area contributed by atoms with Gasteiger partial charge in [0.2, 0.25) is 0 Å². The highest BCUT2D eigenvalue weighted by Gasteiger charge is 2.13. The first kappa shape index (κ1) is 11.9. The van der Waals surface area contributed by atoms with Crippen molar-refractivity contribution >= 4 is 22.0 Å². The van der Waals surface area contributed by atoms with Crippen molar-refractivity contribution in [3.05, 3.63) is 28.5 Å². The summed E-state index contributed by atoms with van der Waals surface area (Å²) in [5, 5.41) is 11.0. The number of methoxy groups -OCH3 is 1. The molecule has 0 spiro atoms. The zero-order valence-electron chi connectivity index (χ0n) is 8.11. The van der Waals surface area contributed by atoms with Gasteiger partial charge in [0.05, 0.1) is 12.6 Å². The molecular weight excluding hydrogens is 264 g/mol. The fourth-order valence-electron chi connectivity index (χ4n) is 1.17. The van der Waals surface area contributed by atoms with Crippen molar-refractivity contribution in [2.75, 3.05) is 13.7 Å². The van der Waals surface area contributed by atoms with Crippen LogP contribution in [0.4, 0.5) is 4.79 Å². The van der Waals surface area contributed by atoms with E-state index in [0.717, 1.165) is 5.56 Å². The Bertz CT molecular complexity index is 346. The van der Waals surface area contributed by atoms with Crippen molar-refractivity contribution < 1.29 is 14.6 Å². The maximum absolute atomic E-state index is 10.5. The monoisotopic (exact) mass is 274 g/mol. The lowest BCUT2D eigenvalue weighted by Crippen LogP contribution is -2.29. The van der Waals surface area contributed by atoms with Gasteiger partial charge in [-0.05, 0) is 33.6 Å². The van der Waals surface area contributed by atoms with E-state index in [2.05, 4.69) is 26.2 Å². The molecule has 1 heterocycles. The van der Waals surface area contributed by atoms with Crippen molar-refractivity contribution in [1.29, 1.82) is 0 Å². The first-order chi connectivity index (χ1) is 7.13. The molecule has 0 aliphatic rings. The average molecular weight is 275 g/mol. The van der Waals surface area contributed by atoms with E-state index in [0.29, 0.717) is 4.60 Å². The molecule has 5 nitrogen and oxygen atoms in total. The molecule has 0 aromatic carbocycles. The minimum Gasteiger partial charge on any atom is -0.465 e. The van der Waals surface area contributed by atoms with E-state index in [-0.39, 0.29) is 12.6 Å². The van der Waals surface area contributed by atoms with E-state index in [4.69, 9.17) is 9.84 Å². The SMILES string of the molecule is COC[C@H](NC(=O)O)c1ccnc(Br)c1. The molecule has 1 rings (SSSR count). The normalized spacial score (nSPS) is 12.1. The van der Waals surface area contributed by atoms with Crippen LogP contribution < -0.4 is 5.32 Å². The van der Waals surface area contributed by atoms with Crippen molar-refractivity contribution in [3.8, 4) is 0 Å². The van der Waals surface area contributed by atoms with Crippen LogP contribution in [0.25, 0.3) is 0 Å². The topological polar surface area (TPSA) is 71.5 Å². The second-order valence-corrected chi connectivity index (χ2v) is 3.68. The smallest absolute Gasteiger partial charge is 0.405 e. The molecule has 0 bridgehead atoms. The van der Waals surface area contributed by atoms with E-state index < -0.39 is 6.09 Å². The molecule has 1 aromatic rings. The number of ether oxygens (including phenoxy) is 1. The lowest BCUT2D eigenvalue weighted by atomic mass is 10.1. The summed E-state index contributed by atoms with van der Waals surface area (Å²) in [5.74, 6) is 0. The number of hydrogen-bond acceptors (Lipinski definition) is 3. The average Bonchev–Trinajstić information content (AvgIpc) is 2.16. The third kappa shape index (κ3) is 3.85. The van der Waals surface area contributed by atoms with Gasteiger partial charge < -0.3 is 15.2 Å². The van der Waals surface area contributed by atoms with Crippen molar-refractivity contribution in [2.24, 2.45) is 0 Å².